The molecule has 4 heteroatoms. The lowest BCUT2D eigenvalue weighted by molar-refractivity contribution is 0.414. The SMILES string of the molecule is CCCn1ccnc1CC(N)Cc1ccc(OC)cc1. The van der Waals surface area contributed by atoms with E-state index in [0.29, 0.717) is 0 Å². The van der Waals surface area contributed by atoms with Gasteiger partial charge in [-0.1, -0.05) is 19.1 Å². The maximum Gasteiger partial charge on any atom is 0.118 e. The molecule has 0 aliphatic carbocycles. The number of nitrogens with two attached hydrogens (primary N) is 1. The summed E-state index contributed by atoms with van der Waals surface area (Å²) in [6.07, 6.45) is 6.64. The number of ether oxygens (including phenoxy) is 1. The van der Waals surface area contributed by atoms with E-state index in [1.165, 1.54) is 5.56 Å². The molecule has 0 spiro atoms. The van der Waals surface area contributed by atoms with Crippen LogP contribution in [-0.2, 0) is 19.4 Å². The number of imidazole rings is 1. The third kappa shape index (κ3) is 3.84. The van der Waals surface area contributed by atoms with Crippen LogP contribution < -0.4 is 10.5 Å². The summed E-state index contributed by atoms with van der Waals surface area (Å²) in [5, 5.41) is 0. The zero-order chi connectivity index (χ0) is 14.4. The largest absolute Gasteiger partial charge is 0.497 e. The first-order valence-corrected chi connectivity index (χ1v) is 7.11. The molecule has 0 saturated carbocycles. The summed E-state index contributed by atoms with van der Waals surface area (Å²) in [6.45, 7) is 3.17. The van der Waals surface area contributed by atoms with Crippen LogP contribution in [0, 0.1) is 0 Å². The fourth-order valence-corrected chi connectivity index (χ4v) is 2.35. The predicted octanol–water partition coefficient (Wildman–Crippen LogP) is 2.41. The second kappa shape index (κ2) is 7.10. The van der Waals surface area contributed by atoms with Gasteiger partial charge in [0.1, 0.15) is 11.6 Å². The highest BCUT2D eigenvalue weighted by molar-refractivity contribution is 5.27. The normalized spacial score (nSPS) is 12.3. The van der Waals surface area contributed by atoms with E-state index in [9.17, 15) is 0 Å². The van der Waals surface area contributed by atoms with Gasteiger partial charge in [-0.3, -0.25) is 0 Å². The van der Waals surface area contributed by atoms with E-state index in [1.807, 2.05) is 24.5 Å². The molecule has 0 fully saturated rings. The number of rotatable bonds is 7. The third-order valence-corrected chi connectivity index (χ3v) is 3.37. The Balaban J connectivity index is 1.94. The molecule has 20 heavy (non-hydrogen) atoms. The third-order valence-electron chi connectivity index (χ3n) is 3.37. The lowest BCUT2D eigenvalue weighted by atomic mass is 10.0. The van der Waals surface area contributed by atoms with Gasteiger partial charge in [-0.15, -0.1) is 0 Å². The van der Waals surface area contributed by atoms with Crippen LogP contribution in [0.15, 0.2) is 36.7 Å². The lowest BCUT2D eigenvalue weighted by Gasteiger charge is -2.13. The van der Waals surface area contributed by atoms with E-state index >= 15 is 0 Å². The maximum absolute atomic E-state index is 6.25. The van der Waals surface area contributed by atoms with Gasteiger partial charge in [0.15, 0.2) is 0 Å². The Morgan fingerprint density at radius 3 is 2.65 bits per heavy atom. The molecule has 1 unspecified atom stereocenters. The first kappa shape index (κ1) is 14.6. The lowest BCUT2D eigenvalue weighted by Crippen LogP contribution is -2.27. The molecule has 1 heterocycles. The van der Waals surface area contributed by atoms with Crippen molar-refractivity contribution in [3.05, 3.63) is 48.0 Å². The molecule has 4 nitrogen and oxygen atoms in total. The average Bonchev–Trinajstić information content (AvgIpc) is 2.87. The van der Waals surface area contributed by atoms with Crippen molar-refractivity contribution in [1.82, 2.24) is 9.55 Å². The number of hydrogen-bond donors (Lipinski definition) is 1. The van der Waals surface area contributed by atoms with Gasteiger partial charge in [0, 0.05) is 31.4 Å². The van der Waals surface area contributed by atoms with Crippen molar-refractivity contribution in [2.45, 2.75) is 38.8 Å². The molecule has 1 atom stereocenters. The van der Waals surface area contributed by atoms with Crippen molar-refractivity contribution in [1.29, 1.82) is 0 Å². The molecule has 2 aromatic rings. The van der Waals surface area contributed by atoms with Crippen LogP contribution in [0.3, 0.4) is 0 Å². The standard InChI is InChI=1S/C16H23N3O/c1-3-9-19-10-8-18-16(19)12-14(17)11-13-4-6-15(20-2)7-5-13/h4-8,10,14H,3,9,11-12,17H2,1-2H3. The van der Waals surface area contributed by atoms with Crippen LogP contribution in [0.5, 0.6) is 5.75 Å². The maximum atomic E-state index is 6.25. The monoisotopic (exact) mass is 273 g/mol. The Bertz CT molecular complexity index is 519. The topological polar surface area (TPSA) is 53.1 Å². The summed E-state index contributed by atoms with van der Waals surface area (Å²) in [7, 11) is 1.67. The van der Waals surface area contributed by atoms with E-state index in [1.54, 1.807) is 7.11 Å². The minimum Gasteiger partial charge on any atom is -0.497 e. The summed E-state index contributed by atoms with van der Waals surface area (Å²) < 4.78 is 7.35. The first-order chi connectivity index (χ1) is 9.72. The summed E-state index contributed by atoms with van der Waals surface area (Å²) >= 11 is 0. The van der Waals surface area contributed by atoms with Crippen molar-refractivity contribution in [2.75, 3.05) is 7.11 Å². The Labute approximate surface area is 120 Å². The zero-order valence-electron chi connectivity index (χ0n) is 12.2. The molecule has 0 saturated heterocycles. The van der Waals surface area contributed by atoms with Gasteiger partial charge in [-0.2, -0.15) is 0 Å². The van der Waals surface area contributed by atoms with Crippen molar-refractivity contribution in [3.8, 4) is 5.75 Å². The minimum atomic E-state index is 0.0846. The molecule has 0 aliphatic rings. The molecule has 0 amide bonds. The summed E-state index contributed by atoms with van der Waals surface area (Å²) in [5.41, 5.74) is 7.48. The van der Waals surface area contributed by atoms with Crippen molar-refractivity contribution in [3.63, 3.8) is 0 Å². The number of nitrogens with zero attached hydrogens (tertiary/aromatic N) is 2. The van der Waals surface area contributed by atoms with E-state index in [2.05, 4.69) is 28.6 Å². The van der Waals surface area contributed by atoms with Gasteiger partial charge in [0.25, 0.3) is 0 Å². The zero-order valence-corrected chi connectivity index (χ0v) is 12.2. The highest BCUT2D eigenvalue weighted by atomic mass is 16.5. The summed E-state index contributed by atoms with van der Waals surface area (Å²) in [4.78, 5) is 4.41. The van der Waals surface area contributed by atoms with Crippen LogP contribution in [0.4, 0.5) is 0 Å². The van der Waals surface area contributed by atoms with Gasteiger partial charge in [0.05, 0.1) is 7.11 Å². The van der Waals surface area contributed by atoms with E-state index in [-0.39, 0.29) is 6.04 Å². The molecule has 1 aromatic carbocycles. The Morgan fingerprint density at radius 2 is 2.00 bits per heavy atom. The predicted molar refractivity (Wildman–Crippen MR) is 80.9 cm³/mol. The van der Waals surface area contributed by atoms with Gasteiger partial charge in [0.2, 0.25) is 0 Å². The number of hydrogen-bond acceptors (Lipinski definition) is 3. The van der Waals surface area contributed by atoms with Crippen LogP contribution in [0.1, 0.15) is 24.7 Å². The van der Waals surface area contributed by atoms with Crippen LogP contribution >= 0.6 is 0 Å². The van der Waals surface area contributed by atoms with Crippen molar-refractivity contribution in [2.24, 2.45) is 5.73 Å². The smallest absolute Gasteiger partial charge is 0.118 e. The van der Waals surface area contributed by atoms with Gasteiger partial charge < -0.3 is 15.0 Å². The second-order valence-electron chi connectivity index (χ2n) is 5.05. The second-order valence-corrected chi connectivity index (χ2v) is 5.05. The molecule has 108 valence electrons. The number of methoxy groups -OCH3 is 1. The van der Waals surface area contributed by atoms with Crippen LogP contribution in [0.2, 0.25) is 0 Å². The molecular formula is C16H23N3O. The minimum absolute atomic E-state index is 0.0846. The molecule has 0 bridgehead atoms. The number of benzene rings is 1. The highest BCUT2D eigenvalue weighted by Gasteiger charge is 2.10. The van der Waals surface area contributed by atoms with E-state index in [0.717, 1.165) is 37.4 Å². The van der Waals surface area contributed by atoms with Crippen LogP contribution in [-0.4, -0.2) is 22.7 Å². The van der Waals surface area contributed by atoms with Gasteiger partial charge >= 0.3 is 0 Å². The average molecular weight is 273 g/mol. The van der Waals surface area contributed by atoms with Crippen LogP contribution in [0.25, 0.3) is 0 Å². The molecular weight excluding hydrogens is 250 g/mol. The van der Waals surface area contributed by atoms with E-state index in [4.69, 9.17) is 10.5 Å². The van der Waals surface area contributed by atoms with Gasteiger partial charge in [-0.25, -0.2) is 4.98 Å². The summed E-state index contributed by atoms with van der Waals surface area (Å²) in [6, 6.07) is 8.16. The Hall–Kier alpha value is -1.81. The fraction of sp³-hybridized carbons (Fsp3) is 0.438. The van der Waals surface area contributed by atoms with E-state index < -0.39 is 0 Å². The number of aryl methyl sites for hydroxylation is 1. The fourth-order valence-electron chi connectivity index (χ4n) is 2.35. The molecule has 0 aliphatic heterocycles. The summed E-state index contributed by atoms with van der Waals surface area (Å²) in [5.74, 6) is 1.95. The first-order valence-electron chi connectivity index (χ1n) is 7.11. The molecule has 2 N–H and O–H groups in total. The molecule has 1 aromatic heterocycles. The van der Waals surface area contributed by atoms with Crippen molar-refractivity contribution >= 4 is 0 Å². The highest BCUT2D eigenvalue weighted by Crippen LogP contribution is 2.13. The quantitative estimate of drug-likeness (QED) is 0.843. The molecule has 0 radical (unpaired) electrons. The number of aromatic nitrogens is 2. The van der Waals surface area contributed by atoms with Gasteiger partial charge in [-0.05, 0) is 30.5 Å². The van der Waals surface area contributed by atoms with Crippen molar-refractivity contribution < 1.29 is 4.74 Å². The molecule has 2 rings (SSSR count). The Morgan fingerprint density at radius 1 is 1.25 bits per heavy atom. The Kier molecular flexibility index (Phi) is 5.18.